The molecule has 6 nitrogen and oxygen atoms in total. The molecule has 1 N–H and O–H groups in total. The zero-order chi connectivity index (χ0) is 14.1. The van der Waals surface area contributed by atoms with Crippen molar-refractivity contribution >= 4 is 28.9 Å². The second-order valence-electron chi connectivity index (χ2n) is 4.19. The molecule has 102 valence electrons. The second-order valence-corrected chi connectivity index (χ2v) is 4.57. The first-order valence-electron chi connectivity index (χ1n) is 5.96. The molecule has 20 heavy (non-hydrogen) atoms. The highest BCUT2D eigenvalue weighted by Crippen LogP contribution is 2.28. The van der Waals surface area contributed by atoms with Crippen molar-refractivity contribution in [1.82, 2.24) is 19.6 Å². The molecule has 0 atom stereocenters. The van der Waals surface area contributed by atoms with Crippen LogP contribution in [0.2, 0.25) is 5.02 Å². The number of methoxy groups -OCH3 is 1. The van der Waals surface area contributed by atoms with Crippen LogP contribution < -0.4 is 10.1 Å². The summed E-state index contributed by atoms with van der Waals surface area (Å²) in [4.78, 5) is 8.34. The fraction of sp³-hybridized carbons (Fsp3) is 0.154. The summed E-state index contributed by atoms with van der Waals surface area (Å²) in [5, 5.41) is 7.85. The van der Waals surface area contributed by atoms with E-state index in [4.69, 9.17) is 16.3 Å². The lowest BCUT2D eigenvalue weighted by Gasteiger charge is -2.11. The summed E-state index contributed by atoms with van der Waals surface area (Å²) < 4.78 is 6.76. The topological polar surface area (TPSA) is 64.3 Å². The number of hydrogen-bond donors (Lipinski definition) is 1. The van der Waals surface area contributed by atoms with Gasteiger partial charge in [0.1, 0.15) is 17.1 Å². The minimum absolute atomic E-state index is 0.497. The minimum Gasteiger partial charge on any atom is -0.497 e. The zero-order valence-electron chi connectivity index (χ0n) is 11.0. The van der Waals surface area contributed by atoms with E-state index in [1.165, 1.54) is 6.33 Å². The molecule has 0 bridgehead atoms. The smallest absolute Gasteiger partial charge is 0.254 e. The van der Waals surface area contributed by atoms with Crippen LogP contribution in [0.25, 0.3) is 5.78 Å². The Morgan fingerprint density at radius 2 is 2.20 bits per heavy atom. The Hall–Kier alpha value is -2.34. The molecule has 0 spiro atoms. The summed E-state index contributed by atoms with van der Waals surface area (Å²) in [5.41, 5.74) is 1.53. The lowest BCUT2D eigenvalue weighted by molar-refractivity contribution is 0.415. The predicted octanol–water partition coefficient (Wildman–Crippen LogP) is 2.84. The maximum absolute atomic E-state index is 6.31. The van der Waals surface area contributed by atoms with Crippen molar-refractivity contribution in [2.75, 3.05) is 12.4 Å². The molecule has 3 aromatic rings. The summed E-state index contributed by atoms with van der Waals surface area (Å²) in [6.45, 7) is 1.83. The van der Waals surface area contributed by atoms with E-state index in [2.05, 4.69) is 20.4 Å². The van der Waals surface area contributed by atoms with Crippen LogP contribution in [0.1, 0.15) is 5.69 Å². The van der Waals surface area contributed by atoms with Gasteiger partial charge in [0, 0.05) is 11.8 Å². The van der Waals surface area contributed by atoms with Crippen LogP contribution in [-0.2, 0) is 0 Å². The molecule has 0 unspecified atom stereocenters. The van der Waals surface area contributed by atoms with Crippen molar-refractivity contribution < 1.29 is 4.74 Å². The number of benzene rings is 1. The van der Waals surface area contributed by atoms with Crippen LogP contribution in [-0.4, -0.2) is 26.7 Å². The number of fused-ring (bicyclic) bond motifs is 1. The summed E-state index contributed by atoms with van der Waals surface area (Å²) in [5.74, 6) is 1.88. The van der Waals surface area contributed by atoms with E-state index in [-0.39, 0.29) is 0 Å². The lowest BCUT2D eigenvalue weighted by Crippen LogP contribution is -2.04. The SMILES string of the molecule is COc1cccc(Nc2c(Cl)c(C)nc3ncnn23)c1. The molecule has 0 saturated carbocycles. The van der Waals surface area contributed by atoms with Crippen LogP contribution in [0.3, 0.4) is 0 Å². The Morgan fingerprint density at radius 3 is 3.00 bits per heavy atom. The molecular weight excluding hydrogens is 278 g/mol. The third-order valence-corrected chi connectivity index (χ3v) is 3.32. The largest absolute Gasteiger partial charge is 0.497 e. The molecule has 2 heterocycles. The molecule has 0 saturated heterocycles. The average Bonchev–Trinajstić information content (AvgIpc) is 2.92. The van der Waals surface area contributed by atoms with Crippen LogP contribution in [0.5, 0.6) is 5.75 Å². The summed E-state index contributed by atoms with van der Waals surface area (Å²) in [6, 6.07) is 7.55. The van der Waals surface area contributed by atoms with Gasteiger partial charge in [-0.2, -0.15) is 14.6 Å². The highest BCUT2D eigenvalue weighted by Gasteiger charge is 2.13. The van der Waals surface area contributed by atoms with E-state index < -0.39 is 0 Å². The van der Waals surface area contributed by atoms with Gasteiger partial charge in [-0.1, -0.05) is 17.7 Å². The van der Waals surface area contributed by atoms with E-state index in [0.717, 1.165) is 11.4 Å². The molecule has 2 aromatic heterocycles. The van der Waals surface area contributed by atoms with Crippen molar-refractivity contribution in [1.29, 1.82) is 0 Å². The molecule has 0 radical (unpaired) electrons. The van der Waals surface area contributed by atoms with Crippen molar-refractivity contribution in [2.45, 2.75) is 6.92 Å². The summed E-state index contributed by atoms with van der Waals surface area (Å²) in [7, 11) is 1.62. The molecule has 0 aliphatic heterocycles. The van der Waals surface area contributed by atoms with Gasteiger partial charge in [0.2, 0.25) is 0 Å². The van der Waals surface area contributed by atoms with E-state index in [9.17, 15) is 0 Å². The number of hydrogen-bond acceptors (Lipinski definition) is 5. The highest BCUT2D eigenvalue weighted by molar-refractivity contribution is 6.33. The second kappa shape index (κ2) is 4.97. The number of aromatic nitrogens is 4. The molecule has 7 heteroatoms. The van der Waals surface area contributed by atoms with Crippen LogP contribution >= 0.6 is 11.6 Å². The first kappa shape index (κ1) is 12.7. The Morgan fingerprint density at radius 1 is 1.35 bits per heavy atom. The average molecular weight is 290 g/mol. The Bertz CT molecular complexity index is 771. The summed E-state index contributed by atoms with van der Waals surface area (Å²) >= 11 is 6.31. The Balaban J connectivity index is 2.09. The molecule has 0 aliphatic carbocycles. The van der Waals surface area contributed by atoms with Crippen LogP contribution in [0.4, 0.5) is 11.5 Å². The fourth-order valence-corrected chi connectivity index (χ4v) is 2.05. The van der Waals surface area contributed by atoms with Crippen molar-refractivity contribution in [2.24, 2.45) is 0 Å². The zero-order valence-corrected chi connectivity index (χ0v) is 11.7. The van der Waals surface area contributed by atoms with Gasteiger partial charge in [0.15, 0.2) is 5.82 Å². The monoisotopic (exact) mass is 289 g/mol. The van der Waals surface area contributed by atoms with Gasteiger partial charge in [0.05, 0.1) is 12.8 Å². The fourth-order valence-electron chi connectivity index (χ4n) is 1.88. The first-order valence-corrected chi connectivity index (χ1v) is 6.34. The van der Waals surface area contributed by atoms with Crippen molar-refractivity contribution in [3.05, 3.63) is 41.3 Å². The molecule has 1 aromatic carbocycles. The van der Waals surface area contributed by atoms with Crippen molar-refractivity contribution in [3.8, 4) is 5.75 Å². The molecule has 3 rings (SSSR count). The quantitative estimate of drug-likeness (QED) is 0.803. The predicted molar refractivity (Wildman–Crippen MR) is 76.8 cm³/mol. The van der Waals surface area contributed by atoms with Gasteiger partial charge in [0.25, 0.3) is 5.78 Å². The molecule has 0 fully saturated rings. The van der Waals surface area contributed by atoms with Gasteiger partial charge in [-0.05, 0) is 19.1 Å². The van der Waals surface area contributed by atoms with Crippen molar-refractivity contribution in [3.63, 3.8) is 0 Å². The van der Waals surface area contributed by atoms with Gasteiger partial charge >= 0.3 is 0 Å². The molecule has 0 amide bonds. The Kier molecular flexibility index (Phi) is 3.15. The number of rotatable bonds is 3. The highest BCUT2D eigenvalue weighted by atomic mass is 35.5. The number of aryl methyl sites for hydroxylation is 1. The third kappa shape index (κ3) is 2.14. The Labute approximate surface area is 120 Å². The molecular formula is C13H12ClN5O. The van der Waals surface area contributed by atoms with Crippen LogP contribution in [0.15, 0.2) is 30.6 Å². The first-order chi connectivity index (χ1) is 9.69. The normalized spacial score (nSPS) is 10.8. The minimum atomic E-state index is 0.497. The third-order valence-electron chi connectivity index (χ3n) is 2.87. The van der Waals surface area contributed by atoms with Crippen LogP contribution in [0, 0.1) is 6.92 Å². The lowest BCUT2D eigenvalue weighted by atomic mass is 10.3. The van der Waals surface area contributed by atoms with E-state index in [1.807, 2.05) is 31.2 Å². The number of anilines is 2. The number of ether oxygens (including phenoxy) is 1. The van der Waals surface area contributed by atoms with E-state index >= 15 is 0 Å². The van der Waals surface area contributed by atoms with Gasteiger partial charge in [-0.25, -0.2) is 4.98 Å². The van der Waals surface area contributed by atoms with Gasteiger partial charge < -0.3 is 10.1 Å². The van der Waals surface area contributed by atoms with E-state index in [0.29, 0.717) is 22.3 Å². The van der Waals surface area contributed by atoms with Gasteiger partial charge in [-0.15, -0.1) is 0 Å². The standard InChI is InChI=1S/C13H12ClN5O/c1-8-11(14)12(19-13(17-8)15-7-16-19)18-9-4-3-5-10(6-9)20-2/h3-7,18H,1-2H3. The van der Waals surface area contributed by atoms with Gasteiger partial charge in [-0.3, -0.25) is 0 Å². The van der Waals surface area contributed by atoms with E-state index in [1.54, 1.807) is 11.6 Å². The number of nitrogens with one attached hydrogen (secondary N) is 1. The number of nitrogens with zero attached hydrogens (tertiary/aromatic N) is 4. The maximum atomic E-state index is 6.31. The number of halogens is 1. The summed E-state index contributed by atoms with van der Waals surface area (Å²) in [6.07, 6.45) is 1.44. The maximum Gasteiger partial charge on any atom is 0.254 e. The molecule has 0 aliphatic rings.